The van der Waals surface area contributed by atoms with E-state index < -0.39 is 0 Å². The molecule has 2 heterocycles. The molecule has 0 atom stereocenters. The monoisotopic (exact) mass is 216 g/mol. The summed E-state index contributed by atoms with van der Waals surface area (Å²) >= 11 is 1.50. The third-order valence-corrected chi connectivity index (χ3v) is 3.44. The number of fused-ring (bicyclic) bond motifs is 2. The van der Waals surface area contributed by atoms with Gasteiger partial charge in [0, 0.05) is 10.3 Å². The SMILES string of the molecule is O=Cc1cc2cc3c(cc2s1)OCC=C3. The van der Waals surface area contributed by atoms with Crippen molar-refractivity contribution in [1.82, 2.24) is 0 Å². The van der Waals surface area contributed by atoms with Crippen molar-refractivity contribution in [3.63, 3.8) is 0 Å². The lowest BCUT2D eigenvalue weighted by molar-refractivity contribution is 0.112. The van der Waals surface area contributed by atoms with Crippen LogP contribution in [0.5, 0.6) is 5.75 Å². The smallest absolute Gasteiger partial charge is 0.160 e. The quantitative estimate of drug-likeness (QED) is 0.684. The van der Waals surface area contributed by atoms with E-state index in [2.05, 4.69) is 12.1 Å². The molecule has 0 aliphatic carbocycles. The van der Waals surface area contributed by atoms with E-state index in [1.807, 2.05) is 18.2 Å². The molecule has 1 aliphatic rings. The van der Waals surface area contributed by atoms with Crippen LogP contribution in [0.2, 0.25) is 0 Å². The van der Waals surface area contributed by atoms with E-state index in [0.29, 0.717) is 6.61 Å². The Labute approximate surface area is 90.8 Å². The van der Waals surface area contributed by atoms with Gasteiger partial charge < -0.3 is 4.74 Å². The Morgan fingerprint density at radius 2 is 2.27 bits per heavy atom. The minimum atomic E-state index is 0.629. The fraction of sp³-hybridized carbons (Fsp3) is 0.0833. The molecule has 0 saturated heterocycles. The van der Waals surface area contributed by atoms with Crippen LogP contribution in [-0.4, -0.2) is 12.9 Å². The summed E-state index contributed by atoms with van der Waals surface area (Å²) in [5.41, 5.74) is 1.09. The molecule has 1 aliphatic heterocycles. The van der Waals surface area contributed by atoms with Crippen molar-refractivity contribution in [2.75, 3.05) is 6.61 Å². The summed E-state index contributed by atoms with van der Waals surface area (Å²) in [6, 6.07) is 5.98. The van der Waals surface area contributed by atoms with Gasteiger partial charge in [-0.15, -0.1) is 11.3 Å². The van der Waals surface area contributed by atoms with Gasteiger partial charge in [-0.3, -0.25) is 4.79 Å². The van der Waals surface area contributed by atoms with E-state index >= 15 is 0 Å². The van der Waals surface area contributed by atoms with Gasteiger partial charge in [0.1, 0.15) is 12.4 Å². The second-order valence-electron chi connectivity index (χ2n) is 3.41. The Hall–Kier alpha value is -1.61. The van der Waals surface area contributed by atoms with Gasteiger partial charge >= 0.3 is 0 Å². The van der Waals surface area contributed by atoms with Crippen molar-refractivity contribution in [3.05, 3.63) is 34.7 Å². The standard InChI is InChI=1S/C12H8O2S/c13-7-10-5-9-4-8-2-1-3-14-11(8)6-12(9)15-10/h1-2,4-7H,3H2. The highest BCUT2D eigenvalue weighted by atomic mass is 32.1. The molecule has 0 fully saturated rings. The van der Waals surface area contributed by atoms with Crippen LogP contribution < -0.4 is 4.74 Å². The highest BCUT2D eigenvalue weighted by Gasteiger charge is 2.09. The number of carbonyl (C=O) groups excluding carboxylic acids is 1. The van der Waals surface area contributed by atoms with Gasteiger partial charge in [0.15, 0.2) is 6.29 Å². The lowest BCUT2D eigenvalue weighted by Crippen LogP contribution is -1.99. The minimum Gasteiger partial charge on any atom is -0.489 e. The first-order valence-electron chi connectivity index (χ1n) is 4.69. The molecule has 3 heteroatoms. The minimum absolute atomic E-state index is 0.629. The number of rotatable bonds is 1. The number of hydrogen-bond donors (Lipinski definition) is 0. The summed E-state index contributed by atoms with van der Waals surface area (Å²) in [5.74, 6) is 0.907. The number of thiophene rings is 1. The molecule has 1 aromatic carbocycles. The van der Waals surface area contributed by atoms with E-state index in [-0.39, 0.29) is 0 Å². The van der Waals surface area contributed by atoms with Gasteiger partial charge in [-0.1, -0.05) is 6.08 Å². The van der Waals surface area contributed by atoms with E-state index in [0.717, 1.165) is 32.6 Å². The van der Waals surface area contributed by atoms with Gasteiger partial charge in [0.25, 0.3) is 0 Å². The predicted molar refractivity (Wildman–Crippen MR) is 61.7 cm³/mol. The van der Waals surface area contributed by atoms with Crippen LogP contribution in [0, 0.1) is 0 Å². The van der Waals surface area contributed by atoms with E-state index in [9.17, 15) is 4.79 Å². The van der Waals surface area contributed by atoms with Gasteiger partial charge in [-0.25, -0.2) is 0 Å². The second-order valence-corrected chi connectivity index (χ2v) is 4.52. The van der Waals surface area contributed by atoms with Gasteiger partial charge in [0.2, 0.25) is 0 Å². The zero-order valence-electron chi connectivity index (χ0n) is 7.90. The zero-order valence-corrected chi connectivity index (χ0v) is 8.71. The fourth-order valence-corrected chi connectivity index (χ4v) is 2.62. The first kappa shape index (κ1) is 8.68. The summed E-state index contributed by atoms with van der Waals surface area (Å²) in [4.78, 5) is 11.4. The molecule has 2 nitrogen and oxygen atoms in total. The molecule has 15 heavy (non-hydrogen) atoms. The second kappa shape index (κ2) is 3.21. The van der Waals surface area contributed by atoms with Crippen LogP contribution in [-0.2, 0) is 0 Å². The van der Waals surface area contributed by atoms with Crippen molar-refractivity contribution in [1.29, 1.82) is 0 Å². The van der Waals surface area contributed by atoms with Crippen molar-refractivity contribution >= 4 is 33.8 Å². The molecule has 0 unspecified atom stereocenters. The highest BCUT2D eigenvalue weighted by molar-refractivity contribution is 7.20. The molecule has 0 bridgehead atoms. The summed E-state index contributed by atoms with van der Waals surface area (Å²) in [6.45, 7) is 0.629. The molecular weight excluding hydrogens is 208 g/mol. The third kappa shape index (κ3) is 1.36. The molecule has 2 aromatic rings. The summed E-state index contributed by atoms with van der Waals surface area (Å²) in [6.07, 6.45) is 4.93. The Morgan fingerprint density at radius 1 is 1.33 bits per heavy atom. The first-order chi connectivity index (χ1) is 7.36. The zero-order chi connectivity index (χ0) is 10.3. The van der Waals surface area contributed by atoms with Gasteiger partial charge in [-0.2, -0.15) is 0 Å². The Balaban J connectivity index is 2.29. The molecule has 0 N–H and O–H groups in total. The van der Waals surface area contributed by atoms with Crippen LogP contribution >= 0.6 is 11.3 Å². The van der Waals surface area contributed by atoms with Gasteiger partial charge in [0.05, 0.1) is 4.88 Å². The van der Waals surface area contributed by atoms with Crippen molar-refractivity contribution in [2.24, 2.45) is 0 Å². The topological polar surface area (TPSA) is 26.3 Å². The maximum absolute atomic E-state index is 10.7. The van der Waals surface area contributed by atoms with Gasteiger partial charge in [-0.05, 0) is 29.7 Å². The molecule has 0 saturated carbocycles. The van der Waals surface area contributed by atoms with E-state index in [4.69, 9.17) is 4.74 Å². The largest absolute Gasteiger partial charge is 0.489 e. The molecule has 3 rings (SSSR count). The Morgan fingerprint density at radius 3 is 3.13 bits per heavy atom. The van der Waals surface area contributed by atoms with E-state index in [1.165, 1.54) is 11.3 Å². The average Bonchev–Trinajstić information content (AvgIpc) is 2.67. The molecule has 74 valence electrons. The molecular formula is C12H8O2S. The number of ether oxygens (including phenoxy) is 1. The third-order valence-electron chi connectivity index (χ3n) is 2.42. The molecule has 0 radical (unpaired) electrons. The predicted octanol–water partition coefficient (Wildman–Crippen LogP) is 3.12. The van der Waals surface area contributed by atoms with E-state index in [1.54, 1.807) is 0 Å². The van der Waals surface area contributed by atoms with Crippen LogP contribution in [0.1, 0.15) is 15.2 Å². The van der Waals surface area contributed by atoms with Crippen LogP contribution in [0.4, 0.5) is 0 Å². The Kier molecular flexibility index (Phi) is 1.86. The average molecular weight is 216 g/mol. The summed E-state index contributed by atoms with van der Waals surface area (Å²) in [7, 11) is 0. The first-order valence-corrected chi connectivity index (χ1v) is 5.50. The van der Waals surface area contributed by atoms with Crippen LogP contribution in [0.3, 0.4) is 0 Å². The lowest BCUT2D eigenvalue weighted by Gasteiger charge is -2.11. The lowest BCUT2D eigenvalue weighted by atomic mass is 10.1. The number of hydrogen-bond acceptors (Lipinski definition) is 3. The summed E-state index contributed by atoms with van der Waals surface area (Å²) in [5, 5.41) is 1.11. The van der Waals surface area contributed by atoms with Crippen molar-refractivity contribution < 1.29 is 9.53 Å². The maximum atomic E-state index is 10.7. The molecule has 0 spiro atoms. The fourth-order valence-electron chi connectivity index (χ4n) is 1.73. The Bertz CT molecular complexity index is 566. The van der Waals surface area contributed by atoms with Crippen molar-refractivity contribution in [3.8, 4) is 5.75 Å². The highest BCUT2D eigenvalue weighted by Crippen LogP contribution is 2.33. The maximum Gasteiger partial charge on any atom is 0.160 e. The molecule has 0 amide bonds. The number of carbonyl (C=O) groups is 1. The van der Waals surface area contributed by atoms with Crippen LogP contribution in [0.25, 0.3) is 16.2 Å². The number of aldehydes is 1. The van der Waals surface area contributed by atoms with Crippen LogP contribution in [0.15, 0.2) is 24.3 Å². The normalized spacial score (nSPS) is 13.6. The molecule has 1 aromatic heterocycles. The van der Waals surface area contributed by atoms with Crippen molar-refractivity contribution in [2.45, 2.75) is 0 Å². The number of benzene rings is 1. The summed E-state index contributed by atoms with van der Waals surface area (Å²) < 4.78 is 6.61.